The van der Waals surface area contributed by atoms with Crippen molar-refractivity contribution in [2.75, 3.05) is 5.33 Å². The Bertz CT molecular complexity index is 272. The van der Waals surface area contributed by atoms with Gasteiger partial charge >= 0.3 is 0 Å². The second-order valence-electron chi connectivity index (χ2n) is 2.62. The van der Waals surface area contributed by atoms with Crippen molar-refractivity contribution in [1.29, 1.82) is 0 Å². The number of allylic oxidation sites excluding steroid dienone is 1. The average Bonchev–Trinajstić information content (AvgIpc) is 1.99. The molecule has 0 aliphatic rings. The van der Waals surface area contributed by atoms with E-state index in [-0.39, 0.29) is 0 Å². The van der Waals surface area contributed by atoms with E-state index in [9.17, 15) is 0 Å². The molecular weight excluding hydrogens is 235 g/mol. The second kappa shape index (κ2) is 4.68. The maximum Gasteiger partial charge on any atom is 0.0414 e. The molecule has 0 radical (unpaired) electrons. The third-order valence-corrected chi connectivity index (χ3v) is 2.06. The van der Waals surface area contributed by atoms with Gasteiger partial charge in [0.2, 0.25) is 0 Å². The SMILES string of the molecule is Cc1cc(Cl)cc(C=CCBr)c1. The summed E-state index contributed by atoms with van der Waals surface area (Å²) in [5.74, 6) is 0. The minimum atomic E-state index is 0.796. The number of hydrogen-bond donors (Lipinski definition) is 0. The number of alkyl halides is 1. The number of benzene rings is 1. The molecule has 2 heteroatoms. The van der Waals surface area contributed by atoms with Gasteiger partial charge < -0.3 is 0 Å². The molecule has 0 N–H and O–H groups in total. The molecule has 0 aliphatic heterocycles. The molecule has 0 spiro atoms. The lowest BCUT2D eigenvalue weighted by Gasteiger charge is -1.97. The Balaban J connectivity index is 2.93. The van der Waals surface area contributed by atoms with Crippen LogP contribution in [-0.4, -0.2) is 5.33 Å². The van der Waals surface area contributed by atoms with Crippen molar-refractivity contribution in [2.45, 2.75) is 6.92 Å². The first-order valence-electron chi connectivity index (χ1n) is 3.72. The highest BCUT2D eigenvalue weighted by molar-refractivity contribution is 9.09. The van der Waals surface area contributed by atoms with Crippen molar-refractivity contribution in [3.8, 4) is 0 Å². The predicted molar refractivity (Wildman–Crippen MR) is 59.0 cm³/mol. The van der Waals surface area contributed by atoms with Gasteiger partial charge in [0, 0.05) is 10.4 Å². The van der Waals surface area contributed by atoms with Crippen LogP contribution in [0, 0.1) is 6.92 Å². The molecule has 0 unspecified atom stereocenters. The van der Waals surface area contributed by atoms with E-state index in [0.29, 0.717) is 0 Å². The van der Waals surface area contributed by atoms with Gasteiger partial charge in [0.15, 0.2) is 0 Å². The molecule has 1 aromatic rings. The molecule has 12 heavy (non-hydrogen) atoms. The Morgan fingerprint density at radius 1 is 1.42 bits per heavy atom. The summed E-state index contributed by atoms with van der Waals surface area (Å²) in [5.41, 5.74) is 2.34. The van der Waals surface area contributed by atoms with Crippen molar-refractivity contribution in [2.24, 2.45) is 0 Å². The number of hydrogen-bond acceptors (Lipinski definition) is 0. The lowest BCUT2D eigenvalue weighted by molar-refractivity contribution is 1.46. The van der Waals surface area contributed by atoms with E-state index < -0.39 is 0 Å². The zero-order valence-electron chi connectivity index (χ0n) is 6.85. The van der Waals surface area contributed by atoms with Gasteiger partial charge in [-0.3, -0.25) is 0 Å². The van der Waals surface area contributed by atoms with Crippen LogP contribution in [0.1, 0.15) is 11.1 Å². The molecule has 0 bridgehead atoms. The van der Waals surface area contributed by atoms with Gasteiger partial charge in [0.05, 0.1) is 0 Å². The van der Waals surface area contributed by atoms with E-state index in [0.717, 1.165) is 15.9 Å². The topological polar surface area (TPSA) is 0 Å². The molecule has 0 aliphatic carbocycles. The molecule has 0 amide bonds. The summed E-state index contributed by atoms with van der Waals surface area (Å²) in [6, 6.07) is 6.01. The summed E-state index contributed by atoms with van der Waals surface area (Å²) in [7, 11) is 0. The molecular formula is C10H10BrCl. The lowest BCUT2D eigenvalue weighted by Crippen LogP contribution is -1.76. The highest BCUT2D eigenvalue weighted by Gasteiger charge is 1.92. The first-order chi connectivity index (χ1) is 5.72. The maximum absolute atomic E-state index is 5.88. The van der Waals surface area contributed by atoms with E-state index >= 15 is 0 Å². The van der Waals surface area contributed by atoms with Crippen molar-refractivity contribution in [3.05, 3.63) is 40.4 Å². The van der Waals surface area contributed by atoms with Gasteiger partial charge in [0.25, 0.3) is 0 Å². The molecule has 0 saturated heterocycles. The standard InChI is InChI=1S/C10H10BrCl/c1-8-5-9(3-2-4-11)7-10(12)6-8/h2-3,5-7H,4H2,1H3. The van der Waals surface area contributed by atoms with Crippen LogP contribution in [0.4, 0.5) is 0 Å². The van der Waals surface area contributed by atoms with Gasteiger partial charge in [-0.15, -0.1) is 0 Å². The van der Waals surface area contributed by atoms with Crippen LogP contribution in [-0.2, 0) is 0 Å². The fraction of sp³-hybridized carbons (Fsp3) is 0.200. The van der Waals surface area contributed by atoms with E-state index in [1.54, 1.807) is 0 Å². The monoisotopic (exact) mass is 244 g/mol. The third-order valence-electron chi connectivity index (χ3n) is 1.46. The largest absolute Gasteiger partial charge is 0.0883 e. The van der Waals surface area contributed by atoms with Crippen LogP contribution in [0.25, 0.3) is 6.08 Å². The molecule has 0 fully saturated rings. The molecule has 0 nitrogen and oxygen atoms in total. The fourth-order valence-electron chi connectivity index (χ4n) is 1.04. The second-order valence-corrected chi connectivity index (χ2v) is 3.70. The van der Waals surface area contributed by atoms with Crippen LogP contribution in [0.15, 0.2) is 24.3 Å². The highest BCUT2D eigenvalue weighted by Crippen LogP contribution is 2.15. The molecule has 0 aromatic heterocycles. The average molecular weight is 246 g/mol. The Kier molecular flexibility index (Phi) is 3.83. The molecule has 0 heterocycles. The van der Waals surface area contributed by atoms with Gasteiger partial charge in [0.1, 0.15) is 0 Å². The summed E-state index contributed by atoms with van der Waals surface area (Å²) < 4.78 is 0. The van der Waals surface area contributed by atoms with E-state index in [1.165, 1.54) is 5.56 Å². The number of rotatable bonds is 2. The molecule has 1 aromatic carbocycles. The number of halogens is 2. The Morgan fingerprint density at radius 2 is 2.17 bits per heavy atom. The maximum atomic E-state index is 5.88. The van der Waals surface area contributed by atoms with Crippen LogP contribution in [0.3, 0.4) is 0 Å². The zero-order chi connectivity index (χ0) is 8.97. The van der Waals surface area contributed by atoms with Crippen LogP contribution in [0.2, 0.25) is 5.02 Å². The summed E-state index contributed by atoms with van der Waals surface area (Å²) in [6.07, 6.45) is 4.10. The van der Waals surface area contributed by atoms with E-state index in [2.05, 4.69) is 22.0 Å². The minimum absolute atomic E-state index is 0.796. The minimum Gasteiger partial charge on any atom is -0.0883 e. The summed E-state index contributed by atoms with van der Waals surface area (Å²) in [4.78, 5) is 0. The van der Waals surface area contributed by atoms with E-state index in [4.69, 9.17) is 11.6 Å². The fourth-order valence-corrected chi connectivity index (χ4v) is 1.53. The summed E-state index contributed by atoms with van der Waals surface area (Å²) in [6.45, 7) is 2.04. The van der Waals surface area contributed by atoms with Crippen molar-refractivity contribution in [1.82, 2.24) is 0 Å². The van der Waals surface area contributed by atoms with Gasteiger partial charge in [-0.2, -0.15) is 0 Å². The normalized spacial score (nSPS) is 10.9. The molecule has 1 rings (SSSR count). The summed E-state index contributed by atoms with van der Waals surface area (Å²) in [5, 5.41) is 1.67. The Morgan fingerprint density at radius 3 is 2.75 bits per heavy atom. The lowest BCUT2D eigenvalue weighted by atomic mass is 10.1. The third kappa shape index (κ3) is 3.00. The molecule has 0 atom stereocenters. The van der Waals surface area contributed by atoms with E-state index in [1.807, 2.05) is 31.2 Å². The van der Waals surface area contributed by atoms with Gasteiger partial charge in [-0.05, 0) is 30.2 Å². The van der Waals surface area contributed by atoms with Crippen LogP contribution >= 0.6 is 27.5 Å². The first kappa shape index (κ1) is 9.82. The van der Waals surface area contributed by atoms with Crippen molar-refractivity contribution >= 4 is 33.6 Å². The Hall–Kier alpha value is -0.270. The smallest absolute Gasteiger partial charge is 0.0414 e. The predicted octanol–water partition coefficient (Wildman–Crippen LogP) is 4.06. The van der Waals surface area contributed by atoms with Crippen LogP contribution in [0.5, 0.6) is 0 Å². The molecule has 0 saturated carbocycles. The van der Waals surface area contributed by atoms with Crippen molar-refractivity contribution < 1.29 is 0 Å². The zero-order valence-corrected chi connectivity index (χ0v) is 9.19. The van der Waals surface area contributed by atoms with Crippen molar-refractivity contribution in [3.63, 3.8) is 0 Å². The van der Waals surface area contributed by atoms with Gasteiger partial charge in [-0.25, -0.2) is 0 Å². The first-order valence-corrected chi connectivity index (χ1v) is 5.22. The quantitative estimate of drug-likeness (QED) is 0.690. The summed E-state index contributed by atoms with van der Waals surface area (Å²) >= 11 is 9.21. The van der Waals surface area contributed by atoms with Crippen LogP contribution < -0.4 is 0 Å². The Labute approximate surface area is 86.4 Å². The number of aryl methyl sites for hydroxylation is 1. The van der Waals surface area contributed by atoms with Gasteiger partial charge in [-0.1, -0.05) is 45.7 Å². The molecule has 64 valence electrons. The highest BCUT2D eigenvalue weighted by atomic mass is 79.9.